The van der Waals surface area contributed by atoms with Crippen molar-refractivity contribution in [3.05, 3.63) is 107 Å². The summed E-state index contributed by atoms with van der Waals surface area (Å²) in [5.74, 6) is -1.70. The van der Waals surface area contributed by atoms with Gasteiger partial charge in [-0.05, 0) is 60.6 Å². The van der Waals surface area contributed by atoms with Crippen molar-refractivity contribution in [3.8, 4) is 5.75 Å². The van der Waals surface area contributed by atoms with Crippen molar-refractivity contribution in [2.45, 2.75) is 43.9 Å². The Bertz CT molecular complexity index is 1510. The molecular weight excluding hydrogens is 602 g/mol. The maximum atomic E-state index is 13.9. The number of fused-ring (bicyclic) bond motifs is 2. The fraction of sp³-hybridized carbons (Fsp3) is 0.344. The lowest BCUT2D eigenvalue weighted by Crippen LogP contribution is -2.56. The monoisotopic (exact) mass is 631 g/mol. The van der Waals surface area contributed by atoms with E-state index in [1.54, 1.807) is 37.3 Å². The molecule has 2 bridgehead atoms. The zero-order chi connectivity index (χ0) is 31.5. The van der Waals surface area contributed by atoms with E-state index >= 15 is 0 Å². The number of allylic oxidation sites excluding steroid dienone is 1. The van der Waals surface area contributed by atoms with Gasteiger partial charge < -0.3 is 20.1 Å². The molecule has 0 radical (unpaired) electrons. The minimum atomic E-state index is -4.75. The molecule has 2 N–H and O–H groups in total. The third-order valence-electron chi connectivity index (χ3n) is 7.95. The van der Waals surface area contributed by atoms with Gasteiger partial charge in [-0.3, -0.25) is 9.78 Å². The van der Waals surface area contributed by atoms with E-state index in [9.17, 15) is 27.2 Å². The molecule has 0 spiro atoms. The highest BCUT2D eigenvalue weighted by Gasteiger charge is 2.50. The highest BCUT2D eigenvalue weighted by atomic mass is 35.5. The molecule has 5 rings (SSSR count). The zero-order valence-electron chi connectivity index (χ0n) is 23.6. The van der Waals surface area contributed by atoms with Gasteiger partial charge in [0.25, 0.3) is 0 Å². The second-order valence-electron chi connectivity index (χ2n) is 10.8. The molecule has 5 atom stereocenters. The number of esters is 1. The number of pyridine rings is 1. The molecule has 1 aromatic heterocycles. The first-order valence-corrected chi connectivity index (χ1v) is 14.5. The van der Waals surface area contributed by atoms with Gasteiger partial charge in [0.05, 0.1) is 29.3 Å². The molecule has 1 saturated carbocycles. The van der Waals surface area contributed by atoms with Crippen LogP contribution < -0.4 is 15.4 Å². The number of hydrogen-bond acceptors (Lipinski definition) is 5. The number of alkyl halides is 4. The van der Waals surface area contributed by atoms with E-state index in [-0.39, 0.29) is 36.1 Å². The molecule has 2 aliphatic rings. The summed E-state index contributed by atoms with van der Waals surface area (Å²) in [7, 11) is 0. The van der Waals surface area contributed by atoms with Crippen LogP contribution in [0.25, 0.3) is 0 Å². The van der Waals surface area contributed by atoms with E-state index in [0.717, 1.165) is 17.7 Å². The summed E-state index contributed by atoms with van der Waals surface area (Å²) in [5.41, 5.74) is -0.291. The van der Waals surface area contributed by atoms with Crippen LogP contribution in [0.5, 0.6) is 5.75 Å². The van der Waals surface area contributed by atoms with Crippen LogP contribution >= 0.6 is 11.6 Å². The Balaban J connectivity index is 1.57. The number of hydrogen-bond donors (Lipinski definition) is 2. The van der Waals surface area contributed by atoms with Gasteiger partial charge in [-0.15, -0.1) is 0 Å². The maximum Gasteiger partial charge on any atom is 0.461 e. The number of nitrogens with zero attached hydrogens (tertiary/aromatic N) is 1. The number of amides is 2. The van der Waals surface area contributed by atoms with E-state index in [1.807, 2.05) is 30.4 Å². The third-order valence-corrected chi connectivity index (χ3v) is 8.18. The van der Waals surface area contributed by atoms with Crippen LogP contribution in [-0.2, 0) is 21.5 Å². The van der Waals surface area contributed by atoms with Gasteiger partial charge in [-0.1, -0.05) is 66.2 Å². The molecule has 3 aromatic rings. The molecule has 12 heteroatoms. The van der Waals surface area contributed by atoms with Gasteiger partial charge in [0.15, 0.2) is 0 Å². The summed E-state index contributed by atoms with van der Waals surface area (Å²) < 4.78 is 63.5. The molecule has 7 nitrogen and oxygen atoms in total. The Labute approximate surface area is 256 Å². The number of halogens is 5. The highest BCUT2D eigenvalue weighted by molar-refractivity contribution is 6.30. The van der Waals surface area contributed by atoms with Crippen LogP contribution in [0.3, 0.4) is 0 Å². The summed E-state index contributed by atoms with van der Waals surface area (Å²) in [4.78, 5) is 31.2. The topological polar surface area (TPSA) is 89.5 Å². The predicted molar refractivity (Wildman–Crippen MR) is 155 cm³/mol. The van der Waals surface area contributed by atoms with Crippen molar-refractivity contribution < 1.29 is 36.6 Å². The molecule has 0 saturated heterocycles. The minimum Gasteiger partial charge on any atom is -0.466 e. The van der Waals surface area contributed by atoms with Gasteiger partial charge in [-0.25, -0.2) is 4.79 Å². The van der Waals surface area contributed by atoms with Gasteiger partial charge in [0.2, 0.25) is 0 Å². The first-order chi connectivity index (χ1) is 21.0. The number of carbonyl (C=O) groups excluding carboxylic acids is 2. The van der Waals surface area contributed by atoms with Crippen molar-refractivity contribution in [3.63, 3.8) is 0 Å². The van der Waals surface area contributed by atoms with Crippen LogP contribution in [0.2, 0.25) is 5.02 Å². The minimum absolute atomic E-state index is 0.0719. The SMILES string of the molecule is CCOC(=O)[C@@H]1[C@H](NC(=O)N[C@](Cc2ccccc2)(c2cccc(OC(F)(F)C(F)F)c2)c2ccc(Cl)cn2)[C@@H]2C=C[C@H]1C2. The lowest BCUT2D eigenvalue weighted by atomic mass is 9.80. The quantitative estimate of drug-likeness (QED) is 0.143. The van der Waals surface area contributed by atoms with E-state index in [4.69, 9.17) is 16.3 Å². The lowest BCUT2D eigenvalue weighted by molar-refractivity contribution is -0.253. The number of benzene rings is 2. The normalized spacial score (nSPS) is 22.0. The highest BCUT2D eigenvalue weighted by Crippen LogP contribution is 2.44. The van der Waals surface area contributed by atoms with Crippen molar-refractivity contribution in [1.82, 2.24) is 15.6 Å². The van der Waals surface area contributed by atoms with E-state index in [1.165, 1.54) is 12.3 Å². The Kier molecular flexibility index (Phi) is 9.15. The van der Waals surface area contributed by atoms with Crippen LogP contribution in [0.15, 0.2) is 85.1 Å². The van der Waals surface area contributed by atoms with Crippen molar-refractivity contribution >= 4 is 23.6 Å². The summed E-state index contributed by atoms with van der Waals surface area (Å²) in [6.45, 7) is 1.91. The molecule has 44 heavy (non-hydrogen) atoms. The molecule has 2 aliphatic carbocycles. The largest absolute Gasteiger partial charge is 0.466 e. The smallest absolute Gasteiger partial charge is 0.461 e. The first kappa shape index (κ1) is 31.3. The van der Waals surface area contributed by atoms with Crippen LogP contribution in [0.4, 0.5) is 22.4 Å². The molecule has 0 unspecified atom stereocenters. The number of nitrogens with one attached hydrogen (secondary N) is 2. The van der Waals surface area contributed by atoms with Gasteiger partial charge in [0, 0.05) is 12.6 Å². The summed E-state index contributed by atoms with van der Waals surface area (Å²) in [5, 5.41) is 6.26. The Morgan fingerprint density at radius 3 is 2.48 bits per heavy atom. The van der Waals surface area contributed by atoms with E-state index in [2.05, 4.69) is 20.4 Å². The van der Waals surface area contributed by atoms with Crippen LogP contribution in [-0.4, -0.2) is 42.2 Å². The number of aromatic nitrogens is 1. The first-order valence-electron chi connectivity index (χ1n) is 14.1. The van der Waals surface area contributed by atoms with Crippen LogP contribution in [0, 0.1) is 17.8 Å². The summed E-state index contributed by atoms with van der Waals surface area (Å²) in [6.07, 6.45) is -2.76. The Hall–Kier alpha value is -4.12. The molecule has 232 valence electrons. The predicted octanol–water partition coefficient (Wildman–Crippen LogP) is 6.51. The number of carbonyl (C=O) groups is 2. The fourth-order valence-corrected chi connectivity index (χ4v) is 6.15. The maximum absolute atomic E-state index is 13.9. The zero-order valence-corrected chi connectivity index (χ0v) is 24.3. The van der Waals surface area contributed by atoms with Crippen LogP contribution in [0.1, 0.15) is 30.2 Å². The Morgan fingerprint density at radius 2 is 1.80 bits per heavy atom. The second-order valence-corrected chi connectivity index (χ2v) is 11.2. The molecule has 2 aromatic carbocycles. The summed E-state index contributed by atoms with van der Waals surface area (Å²) >= 11 is 6.14. The van der Waals surface area contributed by atoms with E-state index in [0.29, 0.717) is 11.4 Å². The standard InChI is InChI=1S/C32H30ClF4N3O4/c1-2-43-28(41)26-20-11-12-21(15-20)27(26)39-30(42)40-31(17-19-7-4-3-5-8-19,25-14-13-23(33)18-38-25)22-9-6-10-24(16-22)44-32(36,37)29(34)35/h3-14,16,18,20-21,26-27,29H,2,15,17H2,1H3,(H2,39,40,42)/t20-,21+,26-,27+,31+/m0/s1. The van der Waals surface area contributed by atoms with Gasteiger partial charge >= 0.3 is 24.5 Å². The van der Waals surface area contributed by atoms with Crippen molar-refractivity contribution in [1.29, 1.82) is 0 Å². The van der Waals surface area contributed by atoms with Gasteiger partial charge in [0.1, 0.15) is 11.3 Å². The molecule has 0 aliphatic heterocycles. The number of rotatable bonds is 11. The number of urea groups is 1. The molecule has 2 amide bonds. The lowest BCUT2D eigenvalue weighted by Gasteiger charge is -2.37. The fourth-order valence-electron chi connectivity index (χ4n) is 6.04. The van der Waals surface area contributed by atoms with Gasteiger partial charge in [-0.2, -0.15) is 17.6 Å². The van der Waals surface area contributed by atoms with Crippen molar-refractivity contribution in [2.75, 3.05) is 6.61 Å². The number of ether oxygens (including phenoxy) is 2. The molecule has 1 heterocycles. The molecule has 1 fully saturated rings. The summed E-state index contributed by atoms with van der Waals surface area (Å²) in [6, 6.07) is 16.1. The van der Waals surface area contributed by atoms with Crippen molar-refractivity contribution in [2.24, 2.45) is 17.8 Å². The third kappa shape index (κ3) is 6.52. The second kappa shape index (κ2) is 12.9. The average molecular weight is 632 g/mol. The average Bonchev–Trinajstić information content (AvgIpc) is 3.60. The Morgan fingerprint density at radius 1 is 1.05 bits per heavy atom. The molecular formula is C32H30ClF4N3O4. The van der Waals surface area contributed by atoms with E-state index < -0.39 is 47.8 Å².